The van der Waals surface area contributed by atoms with Crippen LogP contribution in [-0.4, -0.2) is 27.4 Å². The van der Waals surface area contributed by atoms with Gasteiger partial charge in [0.1, 0.15) is 0 Å². The maximum atomic E-state index is 11.7. The van der Waals surface area contributed by atoms with Crippen LogP contribution in [-0.2, 0) is 14.8 Å². The molecular weight excluding hydrogens is 240 g/mol. The average molecular weight is 256 g/mol. The van der Waals surface area contributed by atoms with Gasteiger partial charge >= 0.3 is 0 Å². The second-order valence-corrected chi connectivity index (χ2v) is 5.31. The summed E-state index contributed by atoms with van der Waals surface area (Å²) in [5.41, 5.74) is 0. The van der Waals surface area contributed by atoms with Gasteiger partial charge in [0.25, 0.3) is 0 Å². The molecule has 0 heterocycles. The van der Waals surface area contributed by atoms with E-state index in [0.29, 0.717) is 19.5 Å². The number of sulfonamides is 1. The summed E-state index contributed by atoms with van der Waals surface area (Å²) in [7, 11) is -3.42. The van der Waals surface area contributed by atoms with E-state index >= 15 is 0 Å². The topological polar surface area (TPSA) is 75.3 Å². The highest BCUT2D eigenvalue weighted by Gasteiger charge is 2.11. The molecule has 0 saturated heterocycles. The first-order valence-electron chi connectivity index (χ1n) is 5.31. The predicted octanol–water partition coefficient (Wildman–Crippen LogP) is 0.491. The lowest BCUT2D eigenvalue weighted by atomic mass is 10.4. The quantitative estimate of drug-likeness (QED) is 0.727. The minimum atomic E-state index is -3.42. The molecule has 2 N–H and O–H groups in total. The van der Waals surface area contributed by atoms with Gasteiger partial charge < -0.3 is 5.32 Å². The van der Waals surface area contributed by atoms with Gasteiger partial charge in [0, 0.05) is 20.0 Å². The highest BCUT2D eigenvalue weighted by molar-refractivity contribution is 7.89. The molecule has 0 spiro atoms. The van der Waals surface area contributed by atoms with E-state index in [-0.39, 0.29) is 10.8 Å². The Kier molecular flexibility index (Phi) is 5.11. The molecule has 5 nitrogen and oxygen atoms in total. The normalized spacial score (nSPS) is 11.1. The van der Waals surface area contributed by atoms with Crippen LogP contribution in [0.1, 0.15) is 13.3 Å². The standard InChI is InChI=1S/C11H16N2O3S/c1-10(14)12-8-5-9-13-17(15,16)11-6-3-2-4-7-11/h2-4,6-7,13H,5,8-9H2,1H3,(H,12,14). The first kappa shape index (κ1) is 13.7. The Bertz CT molecular complexity index is 457. The van der Waals surface area contributed by atoms with E-state index in [0.717, 1.165) is 0 Å². The fourth-order valence-corrected chi connectivity index (χ4v) is 2.34. The molecule has 0 aliphatic heterocycles. The number of benzene rings is 1. The molecule has 1 aromatic carbocycles. The van der Waals surface area contributed by atoms with Crippen LogP contribution < -0.4 is 10.0 Å². The van der Waals surface area contributed by atoms with Crippen LogP contribution in [0.25, 0.3) is 0 Å². The van der Waals surface area contributed by atoms with Crippen molar-refractivity contribution in [2.45, 2.75) is 18.2 Å². The van der Waals surface area contributed by atoms with Crippen LogP contribution in [0.4, 0.5) is 0 Å². The summed E-state index contributed by atoms with van der Waals surface area (Å²) >= 11 is 0. The number of hydrogen-bond donors (Lipinski definition) is 2. The Hall–Kier alpha value is -1.40. The number of carbonyl (C=O) groups excluding carboxylic acids is 1. The fraction of sp³-hybridized carbons (Fsp3) is 0.364. The molecule has 0 bridgehead atoms. The smallest absolute Gasteiger partial charge is 0.240 e. The zero-order valence-electron chi connectivity index (χ0n) is 9.64. The molecule has 0 aliphatic rings. The lowest BCUT2D eigenvalue weighted by molar-refractivity contribution is -0.118. The van der Waals surface area contributed by atoms with Crippen molar-refractivity contribution in [2.75, 3.05) is 13.1 Å². The molecule has 94 valence electrons. The van der Waals surface area contributed by atoms with Crippen LogP contribution >= 0.6 is 0 Å². The molecule has 17 heavy (non-hydrogen) atoms. The summed E-state index contributed by atoms with van der Waals surface area (Å²) < 4.78 is 25.9. The molecule has 1 amide bonds. The van der Waals surface area contributed by atoms with Gasteiger partial charge in [-0.1, -0.05) is 18.2 Å². The minimum Gasteiger partial charge on any atom is -0.356 e. The van der Waals surface area contributed by atoms with Crippen molar-refractivity contribution in [3.8, 4) is 0 Å². The molecule has 1 aromatic rings. The fourth-order valence-electron chi connectivity index (χ4n) is 1.24. The summed E-state index contributed by atoms with van der Waals surface area (Å²) in [5, 5.41) is 2.60. The molecule has 0 fully saturated rings. The third kappa shape index (κ3) is 4.97. The van der Waals surface area contributed by atoms with Crippen molar-refractivity contribution >= 4 is 15.9 Å². The van der Waals surface area contributed by atoms with Gasteiger partial charge in [-0.25, -0.2) is 13.1 Å². The van der Waals surface area contributed by atoms with Gasteiger partial charge in [-0.05, 0) is 18.6 Å². The van der Waals surface area contributed by atoms with E-state index in [1.54, 1.807) is 18.2 Å². The van der Waals surface area contributed by atoms with E-state index in [2.05, 4.69) is 10.0 Å². The van der Waals surface area contributed by atoms with E-state index in [1.807, 2.05) is 0 Å². The average Bonchev–Trinajstić information content (AvgIpc) is 2.29. The third-order valence-electron chi connectivity index (χ3n) is 2.07. The molecule has 0 aromatic heterocycles. The van der Waals surface area contributed by atoms with Gasteiger partial charge in [0.2, 0.25) is 15.9 Å². The Morgan fingerprint density at radius 1 is 1.18 bits per heavy atom. The minimum absolute atomic E-state index is 0.115. The maximum Gasteiger partial charge on any atom is 0.240 e. The van der Waals surface area contributed by atoms with E-state index in [4.69, 9.17) is 0 Å². The number of carbonyl (C=O) groups is 1. The first-order chi connectivity index (χ1) is 8.02. The molecule has 0 saturated carbocycles. The van der Waals surface area contributed by atoms with Crippen molar-refractivity contribution < 1.29 is 13.2 Å². The zero-order valence-corrected chi connectivity index (χ0v) is 10.5. The second kappa shape index (κ2) is 6.36. The van der Waals surface area contributed by atoms with Crippen LogP contribution in [0.2, 0.25) is 0 Å². The highest BCUT2D eigenvalue weighted by atomic mass is 32.2. The summed E-state index contributed by atoms with van der Waals surface area (Å²) in [6, 6.07) is 8.18. The Morgan fingerprint density at radius 2 is 1.82 bits per heavy atom. The van der Waals surface area contributed by atoms with Crippen LogP contribution in [0.3, 0.4) is 0 Å². The van der Waals surface area contributed by atoms with Crippen LogP contribution in [0.15, 0.2) is 35.2 Å². The van der Waals surface area contributed by atoms with Crippen LogP contribution in [0, 0.1) is 0 Å². The number of hydrogen-bond acceptors (Lipinski definition) is 3. The van der Waals surface area contributed by atoms with Crippen LogP contribution in [0.5, 0.6) is 0 Å². The van der Waals surface area contributed by atoms with E-state index < -0.39 is 10.0 Å². The SMILES string of the molecule is CC(=O)NCCCNS(=O)(=O)c1ccccc1. The molecule has 1 rings (SSSR count). The van der Waals surface area contributed by atoms with Crippen molar-refractivity contribution in [3.63, 3.8) is 0 Å². The lowest BCUT2D eigenvalue weighted by Gasteiger charge is -2.06. The van der Waals surface area contributed by atoms with Gasteiger partial charge in [-0.2, -0.15) is 0 Å². The molecule has 0 radical (unpaired) electrons. The number of nitrogens with one attached hydrogen (secondary N) is 2. The second-order valence-electron chi connectivity index (χ2n) is 3.55. The van der Waals surface area contributed by atoms with Gasteiger partial charge in [0.05, 0.1) is 4.90 Å². The summed E-state index contributed by atoms with van der Waals surface area (Å²) in [6.07, 6.45) is 0.561. The van der Waals surface area contributed by atoms with E-state index in [1.165, 1.54) is 19.1 Å². The zero-order chi connectivity index (χ0) is 12.7. The van der Waals surface area contributed by atoms with Crippen molar-refractivity contribution in [3.05, 3.63) is 30.3 Å². The molecule has 6 heteroatoms. The first-order valence-corrected chi connectivity index (χ1v) is 6.80. The molecule has 0 atom stereocenters. The molecule has 0 aliphatic carbocycles. The maximum absolute atomic E-state index is 11.7. The van der Waals surface area contributed by atoms with Gasteiger partial charge in [-0.15, -0.1) is 0 Å². The molecule has 0 unspecified atom stereocenters. The largest absolute Gasteiger partial charge is 0.356 e. The monoisotopic (exact) mass is 256 g/mol. The summed E-state index contributed by atoms with van der Waals surface area (Å²) in [4.78, 5) is 10.8. The highest BCUT2D eigenvalue weighted by Crippen LogP contribution is 2.06. The summed E-state index contributed by atoms with van der Waals surface area (Å²) in [5.74, 6) is -0.115. The predicted molar refractivity (Wildman–Crippen MR) is 64.9 cm³/mol. The Morgan fingerprint density at radius 3 is 2.41 bits per heavy atom. The summed E-state index contributed by atoms with van der Waals surface area (Å²) in [6.45, 7) is 2.19. The number of rotatable bonds is 6. The van der Waals surface area contributed by atoms with Crippen molar-refractivity contribution in [1.82, 2.24) is 10.0 Å². The van der Waals surface area contributed by atoms with Gasteiger partial charge in [-0.3, -0.25) is 4.79 Å². The number of amides is 1. The van der Waals surface area contributed by atoms with E-state index in [9.17, 15) is 13.2 Å². The van der Waals surface area contributed by atoms with Gasteiger partial charge in [0.15, 0.2) is 0 Å². The Labute approximate surface area is 101 Å². The Balaban J connectivity index is 2.39. The lowest BCUT2D eigenvalue weighted by Crippen LogP contribution is -2.28. The van der Waals surface area contributed by atoms with Crippen molar-refractivity contribution in [2.24, 2.45) is 0 Å². The van der Waals surface area contributed by atoms with Crippen molar-refractivity contribution in [1.29, 1.82) is 0 Å². The molecular formula is C11H16N2O3S. The third-order valence-corrected chi connectivity index (χ3v) is 3.55.